The summed E-state index contributed by atoms with van der Waals surface area (Å²) in [5, 5.41) is 2.05. The Morgan fingerprint density at radius 2 is 2.00 bits per heavy atom. The third-order valence-electron chi connectivity index (χ3n) is 7.57. The van der Waals surface area contributed by atoms with Crippen LogP contribution < -0.4 is 0 Å². The zero-order chi connectivity index (χ0) is 14.5. The zero-order valence-electron chi connectivity index (χ0n) is 12.8. The molecule has 7 atom stereocenters. The predicted molar refractivity (Wildman–Crippen MR) is 78.2 cm³/mol. The maximum absolute atomic E-state index is 12.7. The molecule has 0 aromatic heterocycles. The molecule has 0 aromatic carbocycles. The Morgan fingerprint density at radius 3 is 2.86 bits per heavy atom. The van der Waals surface area contributed by atoms with Crippen molar-refractivity contribution in [1.82, 2.24) is 5.06 Å². The molecule has 0 amide bonds. The molecule has 4 heteroatoms. The largest absolute Gasteiger partial charge is 0.440 e. The van der Waals surface area contributed by atoms with Gasteiger partial charge in [0.15, 0.2) is 5.72 Å². The minimum atomic E-state index is -0.422. The van der Waals surface area contributed by atoms with Gasteiger partial charge in [-0.2, -0.15) is 0 Å². The standard InChI is InChI=1S/C18H23NO3/c20-17-15-14-12-9-13(11-6-4-5-10(11)12)16(14)22-19(15)18(21-17)7-2-1-3-8-18/h4-5,10-16H,1-3,6-9H2/t10?,11-,12-,13+,14+,15-,16+/m0/s1. The van der Waals surface area contributed by atoms with E-state index in [-0.39, 0.29) is 18.1 Å². The van der Waals surface area contributed by atoms with Crippen molar-refractivity contribution in [3.8, 4) is 0 Å². The van der Waals surface area contributed by atoms with E-state index in [0.29, 0.717) is 23.7 Å². The topological polar surface area (TPSA) is 38.8 Å². The van der Waals surface area contributed by atoms with Crippen molar-refractivity contribution in [2.24, 2.45) is 29.6 Å². The number of hydroxylamine groups is 2. The smallest absolute Gasteiger partial charge is 0.328 e. The van der Waals surface area contributed by atoms with Crippen molar-refractivity contribution in [2.75, 3.05) is 0 Å². The number of carbonyl (C=O) groups is 1. The van der Waals surface area contributed by atoms with Crippen LogP contribution in [0.5, 0.6) is 0 Å². The van der Waals surface area contributed by atoms with E-state index >= 15 is 0 Å². The summed E-state index contributed by atoms with van der Waals surface area (Å²) in [5.74, 6) is 3.16. The Balaban J connectivity index is 1.38. The second-order valence-corrected chi connectivity index (χ2v) is 8.31. The molecule has 118 valence electrons. The fraction of sp³-hybridized carbons (Fsp3) is 0.833. The average molecular weight is 301 g/mol. The van der Waals surface area contributed by atoms with Gasteiger partial charge in [-0.15, -0.1) is 5.06 Å². The van der Waals surface area contributed by atoms with Crippen LogP contribution in [-0.4, -0.2) is 28.9 Å². The summed E-state index contributed by atoms with van der Waals surface area (Å²) in [6, 6.07) is -0.118. The maximum atomic E-state index is 12.7. The number of esters is 1. The number of hydrogen-bond donors (Lipinski definition) is 0. The van der Waals surface area contributed by atoms with E-state index in [1.54, 1.807) is 0 Å². The van der Waals surface area contributed by atoms with Crippen LogP contribution >= 0.6 is 0 Å². The highest BCUT2D eigenvalue weighted by molar-refractivity contribution is 5.79. The normalized spacial score (nSPS) is 53.8. The molecule has 4 nitrogen and oxygen atoms in total. The summed E-state index contributed by atoms with van der Waals surface area (Å²) in [5.41, 5.74) is -0.422. The summed E-state index contributed by atoms with van der Waals surface area (Å²) in [6.07, 6.45) is 13.0. The summed E-state index contributed by atoms with van der Waals surface area (Å²) >= 11 is 0. The summed E-state index contributed by atoms with van der Waals surface area (Å²) in [7, 11) is 0. The monoisotopic (exact) mass is 301 g/mol. The van der Waals surface area contributed by atoms with Crippen molar-refractivity contribution < 1.29 is 14.4 Å². The molecule has 6 aliphatic rings. The summed E-state index contributed by atoms with van der Waals surface area (Å²) in [4.78, 5) is 19.2. The van der Waals surface area contributed by atoms with Crippen LogP contribution in [0.15, 0.2) is 12.2 Å². The molecule has 22 heavy (non-hydrogen) atoms. The first kappa shape index (κ1) is 12.5. The molecule has 5 fully saturated rings. The number of nitrogens with zero attached hydrogens (tertiary/aromatic N) is 1. The Morgan fingerprint density at radius 1 is 1.14 bits per heavy atom. The van der Waals surface area contributed by atoms with Gasteiger partial charge >= 0.3 is 5.97 Å². The van der Waals surface area contributed by atoms with Gasteiger partial charge in [0.1, 0.15) is 6.04 Å². The first-order valence-electron chi connectivity index (χ1n) is 9.14. The lowest BCUT2D eigenvalue weighted by Gasteiger charge is -2.38. The first-order valence-corrected chi connectivity index (χ1v) is 9.14. The highest BCUT2D eigenvalue weighted by Crippen LogP contribution is 2.65. The van der Waals surface area contributed by atoms with Crippen molar-refractivity contribution >= 4 is 5.97 Å². The second kappa shape index (κ2) is 3.96. The molecule has 6 rings (SSSR count). The van der Waals surface area contributed by atoms with Crippen LogP contribution in [0.2, 0.25) is 0 Å². The van der Waals surface area contributed by atoms with Crippen molar-refractivity contribution in [3.05, 3.63) is 12.2 Å². The Labute approximate surface area is 130 Å². The van der Waals surface area contributed by atoms with Crippen molar-refractivity contribution in [2.45, 2.75) is 62.8 Å². The number of carbonyl (C=O) groups excluding carboxylic acids is 1. The van der Waals surface area contributed by atoms with Crippen molar-refractivity contribution in [3.63, 3.8) is 0 Å². The van der Waals surface area contributed by atoms with Crippen LogP contribution in [0.3, 0.4) is 0 Å². The molecule has 1 unspecified atom stereocenters. The highest BCUT2D eigenvalue weighted by atomic mass is 16.8. The van der Waals surface area contributed by atoms with E-state index in [2.05, 4.69) is 12.2 Å². The molecule has 2 heterocycles. The summed E-state index contributed by atoms with van der Waals surface area (Å²) < 4.78 is 5.93. The van der Waals surface area contributed by atoms with Gasteiger partial charge in [0.05, 0.1) is 6.10 Å². The van der Waals surface area contributed by atoms with Crippen LogP contribution in [0, 0.1) is 29.6 Å². The molecule has 2 saturated heterocycles. The van der Waals surface area contributed by atoms with Gasteiger partial charge in [-0.25, -0.2) is 0 Å². The average Bonchev–Trinajstić information content (AvgIpc) is 3.26. The second-order valence-electron chi connectivity index (χ2n) is 8.31. The van der Waals surface area contributed by atoms with E-state index in [1.807, 2.05) is 5.06 Å². The lowest BCUT2D eigenvalue weighted by atomic mass is 9.72. The Kier molecular flexibility index (Phi) is 2.26. The zero-order valence-corrected chi connectivity index (χ0v) is 12.8. The fourth-order valence-corrected chi connectivity index (χ4v) is 6.82. The number of hydrogen-bond acceptors (Lipinski definition) is 4. The van der Waals surface area contributed by atoms with Gasteiger partial charge in [0, 0.05) is 18.8 Å². The molecular formula is C18H23NO3. The highest BCUT2D eigenvalue weighted by Gasteiger charge is 2.71. The molecular weight excluding hydrogens is 278 g/mol. The SMILES string of the molecule is O=C1OC2(CCCCC2)N2O[C@@H]3[C@@H]4C[C@@H](C5C=CC[C@@H]54)[C@@H]3[C@@H]12. The molecule has 1 spiro atoms. The molecule has 0 aromatic rings. The van der Waals surface area contributed by atoms with E-state index in [9.17, 15) is 4.79 Å². The first-order chi connectivity index (χ1) is 10.8. The van der Waals surface area contributed by atoms with E-state index in [1.165, 1.54) is 19.3 Å². The number of allylic oxidation sites excluding steroid dienone is 2. The van der Waals surface area contributed by atoms with Gasteiger partial charge in [-0.05, 0) is 49.4 Å². The van der Waals surface area contributed by atoms with Crippen molar-refractivity contribution in [1.29, 1.82) is 0 Å². The van der Waals surface area contributed by atoms with Gasteiger partial charge in [0.2, 0.25) is 0 Å². The molecule has 0 radical (unpaired) electrons. The van der Waals surface area contributed by atoms with Gasteiger partial charge in [-0.3, -0.25) is 9.63 Å². The number of rotatable bonds is 0. The molecule has 0 N–H and O–H groups in total. The van der Waals surface area contributed by atoms with Gasteiger partial charge < -0.3 is 4.74 Å². The lowest BCUT2D eigenvalue weighted by molar-refractivity contribution is -0.277. The van der Waals surface area contributed by atoms with Crippen LogP contribution in [0.1, 0.15) is 44.9 Å². The minimum Gasteiger partial charge on any atom is -0.440 e. The van der Waals surface area contributed by atoms with Gasteiger partial charge in [-0.1, -0.05) is 18.6 Å². The third kappa shape index (κ3) is 1.28. The molecule has 3 saturated carbocycles. The Hall–Kier alpha value is -0.870. The summed E-state index contributed by atoms with van der Waals surface area (Å²) in [6.45, 7) is 0. The van der Waals surface area contributed by atoms with E-state index in [0.717, 1.165) is 31.6 Å². The quantitative estimate of drug-likeness (QED) is 0.509. The molecule has 2 bridgehead atoms. The van der Waals surface area contributed by atoms with Crippen LogP contribution in [0.25, 0.3) is 0 Å². The predicted octanol–water partition coefficient (Wildman–Crippen LogP) is 2.65. The maximum Gasteiger partial charge on any atom is 0.328 e. The molecule has 2 aliphatic heterocycles. The van der Waals surface area contributed by atoms with Gasteiger partial charge in [0.25, 0.3) is 0 Å². The van der Waals surface area contributed by atoms with E-state index in [4.69, 9.17) is 9.57 Å². The van der Waals surface area contributed by atoms with E-state index < -0.39 is 5.72 Å². The Bertz CT molecular complexity index is 567. The fourth-order valence-electron chi connectivity index (χ4n) is 6.82. The number of fused-ring (bicyclic) bond motifs is 11. The van der Waals surface area contributed by atoms with Crippen LogP contribution in [0.4, 0.5) is 0 Å². The number of ether oxygens (including phenoxy) is 1. The lowest BCUT2D eigenvalue weighted by Crippen LogP contribution is -2.47. The van der Waals surface area contributed by atoms with Crippen LogP contribution in [-0.2, 0) is 14.4 Å². The minimum absolute atomic E-state index is 0.000441. The molecule has 4 aliphatic carbocycles. The third-order valence-corrected chi connectivity index (χ3v) is 7.57.